The number of aryl methyl sites for hydroxylation is 2. The van der Waals surface area contributed by atoms with Gasteiger partial charge in [-0.2, -0.15) is 0 Å². The van der Waals surface area contributed by atoms with Crippen LogP contribution in [0.3, 0.4) is 0 Å². The van der Waals surface area contributed by atoms with E-state index in [4.69, 9.17) is 5.84 Å². The zero-order valence-corrected chi connectivity index (χ0v) is 12.1. The number of rotatable bonds is 4. The van der Waals surface area contributed by atoms with Crippen molar-refractivity contribution < 1.29 is 0 Å². The monoisotopic (exact) mass is 308 g/mol. The van der Waals surface area contributed by atoms with Crippen molar-refractivity contribution in [2.75, 3.05) is 0 Å². The third kappa shape index (κ3) is 2.48. The summed E-state index contributed by atoms with van der Waals surface area (Å²) < 4.78 is 3.18. The first kappa shape index (κ1) is 13.3. The van der Waals surface area contributed by atoms with Gasteiger partial charge in [-0.15, -0.1) is 0 Å². The molecule has 1 aromatic heterocycles. The van der Waals surface area contributed by atoms with Gasteiger partial charge in [-0.1, -0.05) is 28.1 Å². The summed E-state index contributed by atoms with van der Waals surface area (Å²) in [4.78, 5) is 4.40. The summed E-state index contributed by atoms with van der Waals surface area (Å²) in [6.07, 6.45) is 3.76. The van der Waals surface area contributed by atoms with Gasteiger partial charge in [0.15, 0.2) is 0 Å². The fourth-order valence-corrected chi connectivity index (χ4v) is 2.26. The topological polar surface area (TPSA) is 55.9 Å². The number of hydrogen-bond donors (Lipinski definition) is 2. The Morgan fingerprint density at radius 3 is 2.89 bits per heavy atom. The highest BCUT2D eigenvalue weighted by Crippen LogP contribution is 2.24. The molecule has 0 saturated carbocycles. The van der Waals surface area contributed by atoms with Gasteiger partial charge in [-0.3, -0.25) is 5.84 Å². The Balaban J connectivity index is 2.42. The first-order chi connectivity index (χ1) is 8.67. The maximum atomic E-state index is 5.69. The Kier molecular flexibility index (Phi) is 4.16. The number of nitrogens with one attached hydrogen (secondary N) is 1. The van der Waals surface area contributed by atoms with E-state index in [9.17, 15) is 0 Å². The van der Waals surface area contributed by atoms with Crippen molar-refractivity contribution in [3.8, 4) is 0 Å². The van der Waals surface area contributed by atoms with E-state index >= 15 is 0 Å². The lowest BCUT2D eigenvalue weighted by Crippen LogP contribution is -2.31. The van der Waals surface area contributed by atoms with Crippen molar-refractivity contribution in [3.63, 3.8) is 0 Å². The standard InChI is InChI=1S/C13H17BrN4/c1-3-18-7-6-16-13(18)12(17-15)10-4-5-11(14)9(2)8-10/h4-8,12,17H,3,15H2,1-2H3. The molecule has 1 atom stereocenters. The van der Waals surface area contributed by atoms with E-state index in [1.54, 1.807) is 6.20 Å². The summed E-state index contributed by atoms with van der Waals surface area (Å²) in [5, 5.41) is 0. The van der Waals surface area contributed by atoms with Gasteiger partial charge >= 0.3 is 0 Å². The number of hydrogen-bond acceptors (Lipinski definition) is 3. The molecule has 0 amide bonds. The molecule has 1 aromatic carbocycles. The number of nitrogens with two attached hydrogens (primary N) is 1. The average Bonchev–Trinajstić information content (AvgIpc) is 2.83. The second-order valence-corrected chi connectivity index (χ2v) is 5.03. The number of aromatic nitrogens is 2. The van der Waals surface area contributed by atoms with Crippen LogP contribution < -0.4 is 11.3 Å². The van der Waals surface area contributed by atoms with Gasteiger partial charge in [0.05, 0.1) is 0 Å². The molecular formula is C13H17BrN4. The lowest BCUT2D eigenvalue weighted by atomic mass is 10.0. The second-order valence-electron chi connectivity index (χ2n) is 4.18. The van der Waals surface area contributed by atoms with Crippen LogP contribution in [-0.2, 0) is 6.54 Å². The van der Waals surface area contributed by atoms with Crippen molar-refractivity contribution in [1.82, 2.24) is 15.0 Å². The van der Waals surface area contributed by atoms with Gasteiger partial charge in [0.2, 0.25) is 0 Å². The zero-order valence-electron chi connectivity index (χ0n) is 10.5. The van der Waals surface area contributed by atoms with Crippen molar-refractivity contribution in [2.24, 2.45) is 5.84 Å². The fourth-order valence-electron chi connectivity index (χ4n) is 2.02. The molecule has 2 rings (SSSR count). The number of nitrogens with zero attached hydrogens (tertiary/aromatic N) is 2. The molecule has 0 bridgehead atoms. The minimum atomic E-state index is -0.0910. The second kappa shape index (κ2) is 5.65. The molecule has 0 saturated heterocycles. The lowest BCUT2D eigenvalue weighted by molar-refractivity contribution is 0.560. The molecule has 5 heteroatoms. The highest BCUT2D eigenvalue weighted by atomic mass is 79.9. The smallest absolute Gasteiger partial charge is 0.131 e. The van der Waals surface area contributed by atoms with Crippen LogP contribution in [-0.4, -0.2) is 9.55 Å². The van der Waals surface area contributed by atoms with Crippen LogP contribution in [0.1, 0.15) is 29.9 Å². The van der Waals surface area contributed by atoms with Gasteiger partial charge in [0.25, 0.3) is 0 Å². The quantitative estimate of drug-likeness (QED) is 0.674. The molecule has 0 fully saturated rings. The van der Waals surface area contributed by atoms with Gasteiger partial charge in [0, 0.05) is 23.4 Å². The molecule has 0 spiro atoms. The third-order valence-electron chi connectivity index (χ3n) is 3.03. The summed E-state index contributed by atoms with van der Waals surface area (Å²) in [5.74, 6) is 6.62. The van der Waals surface area contributed by atoms with Gasteiger partial charge in [-0.25, -0.2) is 10.4 Å². The highest BCUT2D eigenvalue weighted by Gasteiger charge is 2.17. The van der Waals surface area contributed by atoms with E-state index in [0.717, 1.165) is 22.4 Å². The number of imidazole rings is 1. The SMILES string of the molecule is CCn1ccnc1C(NN)c1ccc(Br)c(C)c1. The minimum absolute atomic E-state index is 0.0910. The Morgan fingerprint density at radius 1 is 1.50 bits per heavy atom. The Hall–Kier alpha value is -1.17. The van der Waals surface area contributed by atoms with E-state index in [0.29, 0.717) is 0 Å². The van der Waals surface area contributed by atoms with E-state index in [2.05, 4.69) is 56.9 Å². The van der Waals surface area contributed by atoms with E-state index < -0.39 is 0 Å². The Morgan fingerprint density at radius 2 is 2.28 bits per heavy atom. The fraction of sp³-hybridized carbons (Fsp3) is 0.308. The highest BCUT2D eigenvalue weighted by molar-refractivity contribution is 9.10. The average molecular weight is 309 g/mol. The van der Waals surface area contributed by atoms with Crippen molar-refractivity contribution in [3.05, 3.63) is 52.0 Å². The molecule has 0 aliphatic heterocycles. The first-order valence-electron chi connectivity index (χ1n) is 5.90. The van der Waals surface area contributed by atoms with Crippen LogP contribution in [0.4, 0.5) is 0 Å². The van der Waals surface area contributed by atoms with E-state index in [1.807, 2.05) is 12.3 Å². The van der Waals surface area contributed by atoms with Crippen LogP contribution in [0.2, 0.25) is 0 Å². The Labute approximate surface area is 115 Å². The Bertz CT molecular complexity index is 536. The van der Waals surface area contributed by atoms with Crippen molar-refractivity contribution in [1.29, 1.82) is 0 Å². The normalized spacial score (nSPS) is 12.7. The van der Waals surface area contributed by atoms with Gasteiger partial charge in [0.1, 0.15) is 11.9 Å². The van der Waals surface area contributed by atoms with Gasteiger partial charge < -0.3 is 4.57 Å². The lowest BCUT2D eigenvalue weighted by Gasteiger charge is -2.18. The number of halogens is 1. The molecule has 96 valence electrons. The molecule has 0 radical (unpaired) electrons. The third-order valence-corrected chi connectivity index (χ3v) is 3.92. The van der Waals surface area contributed by atoms with Crippen LogP contribution in [0.25, 0.3) is 0 Å². The number of benzene rings is 1. The predicted octanol–water partition coefficient (Wildman–Crippen LogP) is 2.53. The number of hydrazine groups is 1. The molecule has 1 heterocycles. The molecule has 0 aliphatic rings. The van der Waals surface area contributed by atoms with Crippen LogP contribution in [0.5, 0.6) is 0 Å². The molecular weight excluding hydrogens is 292 g/mol. The van der Waals surface area contributed by atoms with Crippen LogP contribution >= 0.6 is 15.9 Å². The maximum Gasteiger partial charge on any atom is 0.131 e. The summed E-state index contributed by atoms with van der Waals surface area (Å²) >= 11 is 3.50. The van der Waals surface area contributed by atoms with Crippen LogP contribution in [0.15, 0.2) is 35.1 Å². The summed E-state index contributed by atoms with van der Waals surface area (Å²) in [6.45, 7) is 5.03. The van der Waals surface area contributed by atoms with Crippen molar-refractivity contribution in [2.45, 2.75) is 26.4 Å². The van der Waals surface area contributed by atoms with Crippen LogP contribution in [0, 0.1) is 6.92 Å². The van der Waals surface area contributed by atoms with E-state index in [-0.39, 0.29) is 6.04 Å². The summed E-state index contributed by atoms with van der Waals surface area (Å²) in [6, 6.07) is 6.11. The molecule has 2 aromatic rings. The first-order valence-corrected chi connectivity index (χ1v) is 6.69. The van der Waals surface area contributed by atoms with E-state index in [1.165, 1.54) is 5.56 Å². The largest absolute Gasteiger partial charge is 0.334 e. The predicted molar refractivity (Wildman–Crippen MR) is 75.9 cm³/mol. The molecule has 18 heavy (non-hydrogen) atoms. The zero-order chi connectivity index (χ0) is 13.1. The molecule has 0 aliphatic carbocycles. The van der Waals surface area contributed by atoms with Gasteiger partial charge in [-0.05, 0) is 31.0 Å². The molecule has 1 unspecified atom stereocenters. The maximum absolute atomic E-state index is 5.69. The minimum Gasteiger partial charge on any atom is -0.334 e. The molecule has 4 nitrogen and oxygen atoms in total. The summed E-state index contributed by atoms with van der Waals surface area (Å²) in [7, 11) is 0. The summed E-state index contributed by atoms with van der Waals surface area (Å²) in [5.41, 5.74) is 5.14. The molecule has 3 N–H and O–H groups in total. The van der Waals surface area contributed by atoms with Crippen molar-refractivity contribution >= 4 is 15.9 Å².